The summed E-state index contributed by atoms with van der Waals surface area (Å²) in [5, 5.41) is 1.02. The number of carbonyl (C=O) groups is 1. The van der Waals surface area contributed by atoms with Gasteiger partial charge in [-0.1, -0.05) is 28.9 Å². The van der Waals surface area contributed by atoms with Gasteiger partial charge in [-0.25, -0.2) is 0 Å². The second kappa shape index (κ2) is 3.98. The Morgan fingerprint density at radius 2 is 2.24 bits per heavy atom. The van der Waals surface area contributed by atoms with E-state index in [0.717, 1.165) is 20.9 Å². The lowest BCUT2D eigenvalue weighted by Crippen LogP contribution is -2.12. The number of halogens is 1. The van der Waals surface area contributed by atoms with Gasteiger partial charge in [0.05, 0.1) is 0 Å². The van der Waals surface area contributed by atoms with E-state index in [0.29, 0.717) is 5.92 Å². The standard InChI is InChI=1S/C14H14BrNO/c1-8(9-5-6-9)14(17)10-7-16-12-4-2-3-11(15)13(10)12/h2-4,7-9,16H,5-6H2,1H3. The Kier molecular flexibility index (Phi) is 2.58. The number of aromatic amines is 1. The van der Waals surface area contributed by atoms with E-state index in [-0.39, 0.29) is 11.7 Å². The van der Waals surface area contributed by atoms with Crippen molar-refractivity contribution < 1.29 is 4.79 Å². The molecule has 0 aliphatic heterocycles. The third kappa shape index (κ3) is 1.82. The maximum absolute atomic E-state index is 12.4. The first-order valence-electron chi connectivity index (χ1n) is 5.98. The van der Waals surface area contributed by atoms with Crippen LogP contribution < -0.4 is 0 Å². The van der Waals surface area contributed by atoms with Gasteiger partial charge in [-0.15, -0.1) is 0 Å². The summed E-state index contributed by atoms with van der Waals surface area (Å²) in [4.78, 5) is 15.6. The van der Waals surface area contributed by atoms with Gasteiger partial charge in [0.2, 0.25) is 0 Å². The first-order valence-corrected chi connectivity index (χ1v) is 6.77. The molecule has 3 heteroatoms. The van der Waals surface area contributed by atoms with Crippen LogP contribution in [0.2, 0.25) is 0 Å². The highest BCUT2D eigenvalue weighted by molar-refractivity contribution is 9.10. The van der Waals surface area contributed by atoms with Gasteiger partial charge in [0.15, 0.2) is 5.78 Å². The van der Waals surface area contributed by atoms with Crippen molar-refractivity contribution in [3.8, 4) is 0 Å². The van der Waals surface area contributed by atoms with E-state index in [1.807, 2.05) is 24.4 Å². The van der Waals surface area contributed by atoms with Crippen LogP contribution in [0.4, 0.5) is 0 Å². The molecule has 0 saturated heterocycles. The van der Waals surface area contributed by atoms with Crippen LogP contribution in [-0.4, -0.2) is 10.8 Å². The van der Waals surface area contributed by atoms with Crippen LogP contribution in [0.5, 0.6) is 0 Å². The van der Waals surface area contributed by atoms with Crippen molar-refractivity contribution in [1.82, 2.24) is 4.98 Å². The van der Waals surface area contributed by atoms with Crippen LogP contribution in [-0.2, 0) is 0 Å². The summed E-state index contributed by atoms with van der Waals surface area (Å²) in [6.07, 6.45) is 4.25. The minimum absolute atomic E-state index is 0.154. The zero-order valence-electron chi connectivity index (χ0n) is 9.66. The highest BCUT2D eigenvalue weighted by atomic mass is 79.9. The molecule has 1 unspecified atom stereocenters. The normalized spacial score (nSPS) is 17.3. The average molecular weight is 292 g/mol. The number of fused-ring (bicyclic) bond motifs is 1. The number of benzene rings is 1. The van der Waals surface area contributed by atoms with E-state index in [1.165, 1.54) is 12.8 Å². The van der Waals surface area contributed by atoms with Gasteiger partial charge >= 0.3 is 0 Å². The minimum atomic E-state index is 0.154. The summed E-state index contributed by atoms with van der Waals surface area (Å²) in [6.45, 7) is 2.05. The van der Waals surface area contributed by atoms with Crippen molar-refractivity contribution >= 4 is 32.6 Å². The second-order valence-corrected chi connectivity index (χ2v) is 5.71. The van der Waals surface area contributed by atoms with E-state index < -0.39 is 0 Å². The number of hydrogen-bond donors (Lipinski definition) is 1. The predicted octanol–water partition coefficient (Wildman–Crippen LogP) is 4.16. The zero-order valence-corrected chi connectivity index (χ0v) is 11.3. The van der Waals surface area contributed by atoms with Gasteiger partial charge in [0.25, 0.3) is 0 Å². The number of Topliss-reactive ketones (excluding diaryl/α,β-unsaturated/α-hetero) is 1. The highest BCUT2D eigenvalue weighted by Crippen LogP contribution is 2.39. The van der Waals surface area contributed by atoms with Crippen LogP contribution in [0.3, 0.4) is 0 Å². The quantitative estimate of drug-likeness (QED) is 0.847. The Bertz CT molecular complexity index is 583. The van der Waals surface area contributed by atoms with Gasteiger partial charge < -0.3 is 4.98 Å². The molecule has 1 aromatic carbocycles. The molecule has 2 aromatic rings. The molecule has 1 aliphatic rings. The highest BCUT2D eigenvalue weighted by Gasteiger charge is 2.33. The number of H-pyrrole nitrogens is 1. The fraction of sp³-hybridized carbons (Fsp3) is 0.357. The Morgan fingerprint density at radius 1 is 1.47 bits per heavy atom. The Morgan fingerprint density at radius 3 is 2.94 bits per heavy atom. The van der Waals surface area contributed by atoms with Crippen molar-refractivity contribution in [3.63, 3.8) is 0 Å². The van der Waals surface area contributed by atoms with Crippen LogP contribution in [0, 0.1) is 11.8 Å². The molecule has 88 valence electrons. The smallest absolute Gasteiger partial charge is 0.168 e. The summed E-state index contributed by atoms with van der Waals surface area (Å²) < 4.78 is 0.989. The van der Waals surface area contributed by atoms with E-state index >= 15 is 0 Å². The fourth-order valence-electron chi connectivity index (χ4n) is 2.39. The molecule has 1 saturated carbocycles. The first-order chi connectivity index (χ1) is 8.18. The molecule has 1 atom stereocenters. The van der Waals surface area contributed by atoms with Crippen LogP contribution in [0.25, 0.3) is 10.9 Å². The number of aromatic nitrogens is 1. The summed E-state index contributed by atoms with van der Waals surface area (Å²) >= 11 is 3.52. The topological polar surface area (TPSA) is 32.9 Å². The average Bonchev–Trinajstić information content (AvgIpc) is 3.07. The lowest BCUT2D eigenvalue weighted by Gasteiger charge is -2.08. The van der Waals surface area contributed by atoms with E-state index in [4.69, 9.17) is 0 Å². The third-order valence-corrected chi connectivity index (χ3v) is 4.32. The maximum Gasteiger partial charge on any atom is 0.168 e. The molecule has 17 heavy (non-hydrogen) atoms. The molecule has 0 bridgehead atoms. The maximum atomic E-state index is 12.4. The van der Waals surface area contributed by atoms with Crippen molar-refractivity contribution in [3.05, 3.63) is 34.4 Å². The molecule has 1 N–H and O–H groups in total. The fourth-order valence-corrected chi connectivity index (χ4v) is 2.97. The predicted molar refractivity (Wildman–Crippen MR) is 72.2 cm³/mol. The third-order valence-electron chi connectivity index (χ3n) is 3.66. The largest absolute Gasteiger partial charge is 0.360 e. The molecule has 2 nitrogen and oxygen atoms in total. The van der Waals surface area contributed by atoms with E-state index in [1.54, 1.807) is 0 Å². The lowest BCUT2D eigenvalue weighted by atomic mass is 9.95. The van der Waals surface area contributed by atoms with Crippen molar-refractivity contribution in [2.45, 2.75) is 19.8 Å². The van der Waals surface area contributed by atoms with Gasteiger partial charge in [0, 0.05) is 33.1 Å². The van der Waals surface area contributed by atoms with Gasteiger partial charge in [0.1, 0.15) is 0 Å². The second-order valence-electron chi connectivity index (χ2n) is 4.86. The number of hydrogen-bond acceptors (Lipinski definition) is 1. The molecule has 1 aromatic heterocycles. The molecule has 0 amide bonds. The minimum Gasteiger partial charge on any atom is -0.360 e. The van der Waals surface area contributed by atoms with Crippen LogP contribution in [0.15, 0.2) is 28.9 Å². The summed E-state index contributed by atoms with van der Waals surface area (Å²) in [6, 6.07) is 5.95. The molecule has 3 rings (SSSR count). The number of rotatable bonds is 3. The molecule has 0 radical (unpaired) electrons. The molecule has 1 aliphatic carbocycles. The zero-order chi connectivity index (χ0) is 12.0. The molecular weight excluding hydrogens is 278 g/mol. The Labute approximate surface area is 109 Å². The van der Waals surface area contributed by atoms with Crippen molar-refractivity contribution in [2.24, 2.45) is 11.8 Å². The van der Waals surface area contributed by atoms with Gasteiger partial charge in [-0.05, 0) is 30.9 Å². The molecule has 1 heterocycles. The number of nitrogens with one attached hydrogen (secondary N) is 1. The molecule has 1 fully saturated rings. The van der Waals surface area contributed by atoms with Crippen molar-refractivity contribution in [1.29, 1.82) is 0 Å². The lowest BCUT2D eigenvalue weighted by molar-refractivity contribution is 0.0918. The molecule has 0 spiro atoms. The monoisotopic (exact) mass is 291 g/mol. The Hall–Kier alpha value is -1.09. The molecular formula is C14H14BrNO. The van der Waals surface area contributed by atoms with Gasteiger partial charge in [-0.2, -0.15) is 0 Å². The summed E-state index contributed by atoms with van der Waals surface area (Å²) in [5.41, 5.74) is 1.84. The number of ketones is 1. The number of carbonyl (C=O) groups excluding carboxylic acids is 1. The Balaban J connectivity index is 2.07. The van der Waals surface area contributed by atoms with E-state index in [2.05, 4.69) is 27.8 Å². The van der Waals surface area contributed by atoms with Crippen LogP contribution in [0.1, 0.15) is 30.1 Å². The summed E-state index contributed by atoms with van der Waals surface area (Å²) in [5.74, 6) is 1.03. The van der Waals surface area contributed by atoms with Crippen LogP contribution >= 0.6 is 15.9 Å². The van der Waals surface area contributed by atoms with Crippen molar-refractivity contribution in [2.75, 3.05) is 0 Å². The summed E-state index contributed by atoms with van der Waals surface area (Å²) in [7, 11) is 0. The van der Waals surface area contributed by atoms with E-state index in [9.17, 15) is 4.79 Å². The van der Waals surface area contributed by atoms with Gasteiger partial charge in [-0.3, -0.25) is 4.79 Å². The SMILES string of the molecule is CC(C(=O)c1c[nH]c2cccc(Br)c12)C1CC1. The first kappa shape index (κ1) is 11.0.